The zero-order valence-corrected chi connectivity index (χ0v) is 19.8. The second kappa shape index (κ2) is 8.81. The van der Waals surface area contributed by atoms with Gasteiger partial charge in [0.2, 0.25) is 10.0 Å². The van der Waals surface area contributed by atoms with Crippen molar-refractivity contribution in [1.29, 1.82) is 0 Å². The smallest absolute Gasteiger partial charge is 0.218 e. The molecule has 0 bridgehead atoms. The Hall–Kier alpha value is -2.48. The van der Waals surface area contributed by atoms with Crippen molar-refractivity contribution in [2.45, 2.75) is 25.0 Å². The minimum absolute atomic E-state index is 0.0147. The molecule has 0 unspecified atom stereocenters. The maximum Gasteiger partial charge on any atom is 0.218 e. The Bertz CT molecular complexity index is 1120. The molecule has 0 aromatic heterocycles. The highest BCUT2D eigenvalue weighted by molar-refractivity contribution is 7.88. The van der Waals surface area contributed by atoms with Crippen molar-refractivity contribution in [3.05, 3.63) is 77.5 Å². The van der Waals surface area contributed by atoms with E-state index in [2.05, 4.69) is 30.9 Å². The number of nitrogens with zero attached hydrogens (tertiary/aromatic N) is 3. The van der Waals surface area contributed by atoms with Crippen LogP contribution in [0.25, 0.3) is 0 Å². The molecule has 2 aromatic carbocycles. The van der Waals surface area contributed by atoms with Crippen LogP contribution in [0.4, 0.5) is 5.69 Å². The Kier molecular flexibility index (Phi) is 6.25. The Morgan fingerprint density at radius 2 is 1.59 bits per heavy atom. The fourth-order valence-electron chi connectivity index (χ4n) is 4.72. The molecule has 0 spiro atoms. The number of ketones is 1. The summed E-state index contributed by atoms with van der Waals surface area (Å²) in [6, 6.07) is 17.5. The van der Waals surface area contributed by atoms with Gasteiger partial charge in [-0.2, -0.15) is 4.31 Å². The lowest BCUT2D eigenvalue weighted by molar-refractivity contribution is -0.116. The van der Waals surface area contributed by atoms with E-state index in [0.29, 0.717) is 32.7 Å². The molecule has 0 saturated carbocycles. The Labute approximate surface area is 191 Å². The Balaban J connectivity index is 1.36. The third-order valence-electron chi connectivity index (χ3n) is 6.53. The van der Waals surface area contributed by atoms with Gasteiger partial charge in [0.25, 0.3) is 0 Å². The molecule has 170 valence electrons. The average molecular weight is 454 g/mol. The molecule has 6 nitrogen and oxygen atoms in total. The first-order valence-electron chi connectivity index (χ1n) is 11.0. The predicted molar refractivity (Wildman–Crippen MR) is 128 cm³/mol. The van der Waals surface area contributed by atoms with Gasteiger partial charge in [0.1, 0.15) is 0 Å². The molecule has 2 aliphatic rings. The van der Waals surface area contributed by atoms with Gasteiger partial charge in [-0.1, -0.05) is 62.4 Å². The number of anilines is 1. The number of rotatable bonds is 6. The topological polar surface area (TPSA) is 60.9 Å². The molecule has 0 radical (unpaired) electrons. The van der Waals surface area contributed by atoms with Crippen LogP contribution in [0.2, 0.25) is 0 Å². The molecule has 2 aliphatic heterocycles. The number of likely N-dealkylation sites (N-methyl/N-ethyl adjacent to an activating group) is 1. The fraction of sp³-hybridized carbons (Fsp3) is 0.400. The third-order valence-corrected chi connectivity index (χ3v) is 8.38. The molecule has 0 atom stereocenters. The summed E-state index contributed by atoms with van der Waals surface area (Å²) in [6.07, 6.45) is 1.76. The second-order valence-corrected chi connectivity index (χ2v) is 11.1. The van der Waals surface area contributed by atoms with Gasteiger partial charge in [-0.05, 0) is 17.2 Å². The molecule has 1 saturated heterocycles. The highest BCUT2D eigenvalue weighted by atomic mass is 32.2. The predicted octanol–water partition coefficient (Wildman–Crippen LogP) is 3.01. The molecular weight excluding hydrogens is 422 g/mol. The summed E-state index contributed by atoms with van der Waals surface area (Å²) in [5.41, 5.74) is 3.91. The number of sulfonamides is 1. The Morgan fingerprint density at radius 3 is 2.25 bits per heavy atom. The standard InChI is InChI=1S/C25H31N3O3S/c1-25(2)22-11-7-8-12-23(22)26(3)24(25)17-21(29)18-27-13-15-28(16-14-27)32(30,31)19-20-9-5-4-6-10-20/h4-12,17H,13-16,18-19H2,1-3H3/b24-17-. The van der Waals surface area contributed by atoms with E-state index in [9.17, 15) is 13.2 Å². The monoisotopic (exact) mass is 453 g/mol. The second-order valence-electron chi connectivity index (χ2n) is 9.11. The van der Waals surface area contributed by atoms with Gasteiger partial charge in [-0.25, -0.2) is 8.42 Å². The summed E-state index contributed by atoms with van der Waals surface area (Å²) in [5, 5.41) is 0. The van der Waals surface area contributed by atoms with Crippen LogP contribution >= 0.6 is 0 Å². The molecule has 0 aliphatic carbocycles. The molecular formula is C25H31N3O3S. The number of allylic oxidation sites excluding steroid dienone is 1. The van der Waals surface area contributed by atoms with Gasteiger partial charge in [0, 0.05) is 56.1 Å². The Morgan fingerprint density at radius 1 is 0.969 bits per heavy atom. The van der Waals surface area contributed by atoms with Gasteiger partial charge in [0.15, 0.2) is 5.78 Å². The van der Waals surface area contributed by atoms with Crippen molar-refractivity contribution in [3.63, 3.8) is 0 Å². The number of carbonyl (C=O) groups excluding carboxylic acids is 1. The van der Waals surface area contributed by atoms with Crippen LogP contribution in [0.3, 0.4) is 0 Å². The van der Waals surface area contributed by atoms with E-state index >= 15 is 0 Å². The van der Waals surface area contributed by atoms with Crippen LogP contribution < -0.4 is 4.90 Å². The van der Waals surface area contributed by atoms with Crippen LogP contribution in [0, 0.1) is 0 Å². The number of hydrogen-bond donors (Lipinski definition) is 0. The summed E-state index contributed by atoms with van der Waals surface area (Å²) < 4.78 is 27.1. The maximum atomic E-state index is 12.9. The number of benzene rings is 2. The first-order chi connectivity index (χ1) is 15.2. The fourth-order valence-corrected chi connectivity index (χ4v) is 6.24. The van der Waals surface area contributed by atoms with Crippen LogP contribution in [-0.4, -0.2) is 63.2 Å². The van der Waals surface area contributed by atoms with Gasteiger partial charge >= 0.3 is 0 Å². The van der Waals surface area contributed by atoms with E-state index in [1.165, 1.54) is 5.56 Å². The van der Waals surface area contributed by atoms with Crippen LogP contribution in [-0.2, 0) is 26.0 Å². The minimum atomic E-state index is -3.36. The molecule has 7 heteroatoms. The number of hydrogen-bond acceptors (Lipinski definition) is 5. The highest BCUT2D eigenvalue weighted by Gasteiger charge is 2.38. The van der Waals surface area contributed by atoms with Crippen molar-refractivity contribution >= 4 is 21.5 Å². The van der Waals surface area contributed by atoms with Crippen molar-refractivity contribution in [1.82, 2.24) is 9.21 Å². The summed E-state index contributed by atoms with van der Waals surface area (Å²) in [7, 11) is -1.35. The SMILES string of the molecule is CN1/C(=C\C(=O)CN2CCN(S(=O)(=O)Cc3ccccc3)CC2)C(C)(C)c2ccccc21. The quantitative estimate of drug-likeness (QED) is 0.630. The maximum absolute atomic E-state index is 12.9. The van der Waals surface area contributed by atoms with Crippen LogP contribution in [0.15, 0.2) is 66.4 Å². The summed E-state index contributed by atoms with van der Waals surface area (Å²) >= 11 is 0. The number of para-hydroxylation sites is 1. The minimum Gasteiger partial charge on any atom is -0.347 e. The average Bonchev–Trinajstić information content (AvgIpc) is 2.95. The molecule has 4 rings (SSSR count). The molecule has 0 amide bonds. The lowest BCUT2D eigenvalue weighted by Gasteiger charge is -2.33. The highest BCUT2D eigenvalue weighted by Crippen LogP contribution is 2.46. The lowest BCUT2D eigenvalue weighted by Crippen LogP contribution is -2.50. The number of piperazine rings is 1. The van der Waals surface area contributed by atoms with E-state index in [-0.39, 0.29) is 17.0 Å². The molecule has 32 heavy (non-hydrogen) atoms. The van der Waals surface area contributed by atoms with Gasteiger partial charge < -0.3 is 4.90 Å². The summed E-state index contributed by atoms with van der Waals surface area (Å²) in [6.45, 7) is 6.53. The van der Waals surface area contributed by atoms with Crippen molar-refractivity contribution in [3.8, 4) is 0 Å². The lowest BCUT2D eigenvalue weighted by atomic mass is 9.83. The van der Waals surface area contributed by atoms with Gasteiger partial charge in [0.05, 0.1) is 12.3 Å². The first kappa shape index (κ1) is 22.7. The van der Waals surface area contributed by atoms with E-state index < -0.39 is 10.0 Å². The van der Waals surface area contributed by atoms with Crippen molar-refractivity contribution in [2.24, 2.45) is 0 Å². The van der Waals surface area contributed by atoms with E-state index in [4.69, 9.17) is 0 Å². The zero-order valence-electron chi connectivity index (χ0n) is 19.0. The molecule has 2 heterocycles. The number of carbonyl (C=O) groups is 1. The van der Waals surface area contributed by atoms with E-state index in [0.717, 1.165) is 16.9 Å². The van der Waals surface area contributed by atoms with E-state index in [1.807, 2.05) is 54.4 Å². The first-order valence-corrected chi connectivity index (χ1v) is 12.6. The molecule has 2 aromatic rings. The third kappa shape index (κ3) is 4.51. The number of fused-ring (bicyclic) bond motifs is 1. The zero-order chi connectivity index (χ0) is 22.9. The van der Waals surface area contributed by atoms with Gasteiger partial charge in [-0.15, -0.1) is 0 Å². The summed E-state index contributed by atoms with van der Waals surface area (Å²) in [4.78, 5) is 17.0. The normalized spacial score (nSPS) is 20.5. The summed E-state index contributed by atoms with van der Waals surface area (Å²) in [5.74, 6) is 0.0641. The largest absolute Gasteiger partial charge is 0.347 e. The molecule has 1 fully saturated rings. The molecule has 0 N–H and O–H groups in total. The van der Waals surface area contributed by atoms with Crippen molar-refractivity contribution in [2.75, 3.05) is 44.7 Å². The van der Waals surface area contributed by atoms with Crippen molar-refractivity contribution < 1.29 is 13.2 Å². The van der Waals surface area contributed by atoms with Crippen LogP contribution in [0.1, 0.15) is 25.0 Å². The van der Waals surface area contributed by atoms with Gasteiger partial charge in [-0.3, -0.25) is 9.69 Å². The van der Waals surface area contributed by atoms with Crippen LogP contribution in [0.5, 0.6) is 0 Å². The van der Waals surface area contributed by atoms with E-state index in [1.54, 1.807) is 10.4 Å².